The molecule has 0 bridgehead atoms. The maximum atomic E-state index is 3.93. The van der Waals surface area contributed by atoms with Gasteiger partial charge < -0.3 is 0 Å². The van der Waals surface area contributed by atoms with Crippen LogP contribution in [0.4, 0.5) is 0 Å². The van der Waals surface area contributed by atoms with Crippen molar-refractivity contribution in [2.75, 3.05) is 58.7 Å². The van der Waals surface area contributed by atoms with Gasteiger partial charge >= 0.3 is 0 Å². The summed E-state index contributed by atoms with van der Waals surface area (Å²) in [7, 11) is -5.25. The van der Waals surface area contributed by atoms with Crippen LogP contribution in [-0.2, 0) is 0 Å². The van der Waals surface area contributed by atoms with Gasteiger partial charge in [-0.3, -0.25) is 0 Å². The molecule has 0 amide bonds. The molecule has 0 radical (unpaired) electrons. The minimum Gasteiger partial charge on any atom is -0.166 e. The number of alkyl halides is 2. The van der Waals surface area contributed by atoms with Gasteiger partial charge in [0.15, 0.2) is 0 Å². The van der Waals surface area contributed by atoms with Crippen LogP contribution in [0.15, 0.2) is 121 Å². The Kier molecular flexibility index (Phi) is 25.4. The lowest BCUT2D eigenvalue weighted by atomic mass is 9.75. The Balaban J connectivity index is 1.74. The van der Waals surface area contributed by atoms with Crippen molar-refractivity contribution < 1.29 is 0 Å². The van der Waals surface area contributed by atoms with E-state index in [9.17, 15) is 0 Å². The Hall–Kier alpha value is -0.109. The van der Waals surface area contributed by atoms with Gasteiger partial charge in [0, 0.05) is 10.7 Å². The average molecular weight is 1100 g/mol. The molecule has 1 heterocycles. The van der Waals surface area contributed by atoms with Gasteiger partial charge in [0.2, 0.25) is 0 Å². The van der Waals surface area contributed by atoms with Gasteiger partial charge in [0.1, 0.15) is 0 Å². The maximum Gasteiger partial charge on any atom is 0.0703 e. The third-order valence-corrected chi connectivity index (χ3v) is 37.2. The fourth-order valence-electron chi connectivity index (χ4n) is 12.4. The van der Waals surface area contributed by atoms with Crippen molar-refractivity contribution in [3.05, 3.63) is 144 Å². The second-order valence-electron chi connectivity index (χ2n) is 18.9. The van der Waals surface area contributed by atoms with E-state index in [1.165, 1.54) is 122 Å². The Morgan fingerprint density at radius 3 is 1.02 bits per heavy atom. The molecule has 4 aromatic carbocycles. The molecule has 0 nitrogen and oxygen atoms in total. The van der Waals surface area contributed by atoms with Gasteiger partial charge in [0.05, 0.1) is 24.2 Å². The van der Waals surface area contributed by atoms with Gasteiger partial charge in [0.25, 0.3) is 0 Å². The molecular weight excluding hydrogens is 1020 g/mol. The first kappa shape index (κ1) is 53.8. The summed E-state index contributed by atoms with van der Waals surface area (Å²) in [6.07, 6.45) is 17.7. The molecule has 4 unspecified atom stereocenters. The molecule has 346 valence electrons. The minimum atomic E-state index is -2.26. The summed E-state index contributed by atoms with van der Waals surface area (Å²) in [5.74, 6) is 6.20. The van der Waals surface area contributed by atoms with Crippen LogP contribution in [0.25, 0.3) is 0 Å². The highest BCUT2D eigenvalue weighted by atomic mass is 79.9. The Labute approximate surface area is 423 Å². The summed E-state index contributed by atoms with van der Waals surface area (Å²) in [5, 5.41) is 2.31. The molecule has 9 heteroatoms. The summed E-state index contributed by atoms with van der Waals surface area (Å²) < 4.78 is 0. The van der Waals surface area contributed by atoms with E-state index >= 15 is 0 Å². The number of hydrogen-bond donors (Lipinski definition) is 0. The number of rotatable bonds is 32. The summed E-state index contributed by atoms with van der Waals surface area (Å²) >= 11 is 16.2. The van der Waals surface area contributed by atoms with E-state index in [1.807, 2.05) is 0 Å². The lowest BCUT2D eigenvalue weighted by molar-refractivity contribution is 0.553. The largest absolute Gasteiger partial charge is 0.166 e. The van der Waals surface area contributed by atoms with Gasteiger partial charge in [-0.15, -0.1) is 0 Å². The predicted octanol–water partition coefficient (Wildman–Crippen LogP) is 18.1. The normalized spacial score (nSPS) is 20.3. The van der Waals surface area contributed by atoms with Crippen molar-refractivity contribution >= 4 is 103 Å². The highest BCUT2D eigenvalue weighted by molar-refractivity contribution is 9.09. The molecule has 0 aromatic heterocycles. The van der Waals surface area contributed by atoms with E-state index in [1.54, 1.807) is 22.3 Å². The number of thioether (sulfide) groups is 4. The Morgan fingerprint density at radius 1 is 0.381 bits per heavy atom. The van der Waals surface area contributed by atoms with Crippen molar-refractivity contribution in [2.45, 2.75) is 122 Å². The molecule has 5 rings (SSSR count). The van der Waals surface area contributed by atoms with E-state index in [0.29, 0.717) is 22.9 Å². The predicted molar refractivity (Wildman–Crippen MR) is 311 cm³/mol. The summed E-state index contributed by atoms with van der Waals surface area (Å²) in [6.45, 7) is 0. The molecule has 1 aliphatic rings. The van der Waals surface area contributed by atoms with E-state index < -0.39 is 24.2 Å². The number of hydrogen-bond acceptors (Lipinski definition) is 4. The van der Waals surface area contributed by atoms with Crippen LogP contribution in [0.3, 0.4) is 0 Å². The molecule has 0 N–H and O–H groups in total. The molecule has 63 heavy (non-hydrogen) atoms. The molecule has 0 aliphatic carbocycles. The number of halogens is 2. The monoisotopic (exact) mass is 1100 g/mol. The van der Waals surface area contributed by atoms with Crippen LogP contribution in [0.1, 0.15) is 83.7 Å². The lowest BCUT2D eigenvalue weighted by Crippen LogP contribution is -2.46. The second-order valence-corrected chi connectivity index (χ2v) is 39.1. The molecule has 1 fully saturated rings. The van der Waals surface area contributed by atoms with E-state index in [4.69, 9.17) is 0 Å². The van der Waals surface area contributed by atoms with Gasteiger partial charge in [-0.25, -0.2) is 0 Å². The summed E-state index contributed by atoms with van der Waals surface area (Å²) in [5.41, 5.74) is 7.50. The van der Waals surface area contributed by atoms with Crippen LogP contribution < -0.4 is 0 Å². The zero-order chi connectivity index (χ0) is 44.6. The molecule has 4 aromatic rings. The fraction of sp³-hybridized carbons (Fsp3) is 0.556. The Morgan fingerprint density at radius 2 is 0.683 bits per heavy atom. The van der Waals surface area contributed by atoms with E-state index in [-0.39, 0.29) is 0 Å². The lowest BCUT2D eigenvalue weighted by Gasteiger charge is -2.43. The quantitative estimate of drug-likeness (QED) is 0.0271. The van der Waals surface area contributed by atoms with Crippen LogP contribution in [0.2, 0.25) is 60.4 Å². The minimum absolute atomic E-state index is 0.440. The fourth-order valence-corrected chi connectivity index (χ4v) is 37.2. The van der Waals surface area contributed by atoms with E-state index in [0.717, 1.165) is 10.7 Å². The van der Waals surface area contributed by atoms with Crippen LogP contribution >= 0.6 is 78.9 Å². The molecule has 1 saturated heterocycles. The smallest absolute Gasteiger partial charge is 0.0703 e. The zero-order valence-corrected chi connectivity index (χ0v) is 48.7. The molecule has 0 spiro atoms. The highest BCUT2D eigenvalue weighted by Crippen LogP contribution is 2.67. The standard InChI is InChI=1S/C54H80Br2S4Si3/c1-57-33-19-39-61(37-17-31-55,40-20-34-58-2)41-21-43-63(44-22-42-62(38-18-32-56,45-35-59-3)46-36-60-4)53(49-27-13-7-14-28-49)51(47-23-9-5-10-24-47)52(48-25-11-6-12-26-48)54(63)50-29-15-8-16-30-50/h5-16,23-30,51-54H,17-22,31-46H2,1-4H3. The highest BCUT2D eigenvalue weighted by Gasteiger charge is 2.62. The van der Waals surface area contributed by atoms with Crippen molar-refractivity contribution in [1.29, 1.82) is 0 Å². The van der Waals surface area contributed by atoms with Gasteiger partial charge in [-0.05, 0) is 131 Å². The van der Waals surface area contributed by atoms with Gasteiger partial charge in [-0.1, -0.05) is 214 Å². The van der Waals surface area contributed by atoms with Crippen molar-refractivity contribution in [3.63, 3.8) is 0 Å². The number of benzene rings is 4. The van der Waals surface area contributed by atoms with Crippen LogP contribution in [-0.4, -0.2) is 82.9 Å². The van der Waals surface area contributed by atoms with E-state index in [2.05, 4.69) is 225 Å². The van der Waals surface area contributed by atoms with Crippen molar-refractivity contribution in [2.24, 2.45) is 0 Å². The third kappa shape index (κ3) is 15.4. The third-order valence-electron chi connectivity index (χ3n) is 15.2. The first-order valence-corrected chi connectivity index (χ1v) is 40.3. The molecular formula is C54H80Br2S4Si3. The second kappa shape index (κ2) is 29.7. The van der Waals surface area contributed by atoms with Gasteiger partial charge in [-0.2, -0.15) is 47.0 Å². The van der Waals surface area contributed by atoms with Crippen molar-refractivity contribution in [3.8, 4) is 0 Å². The summed E-state index contributed by atoms with van der Waals surface area (Å²) in [4.78, 5) is 0. The topological polar surface area (TPSA) is 0 Å². The van der Waals surface area contributed by atoms with Crippen molar-refractivity contribution in [1.82, 2.24) is 0 Å². The van der Waals surface area contributed by atoms with Crippen LogP contribution in [0, 0.1) is 0 Å². The first-order chi connectivity index (χ1) is 31.0. The summed E-state index contributed by atoms with van der Waals surface area (Å²) in [6, 6.07) is 63.3. The average Bonchev–Trinajstić information content (AvgIpc) is 3.63. The first-order valence-electron chi connectivity index (χ1n) is 24.2. The molecule has 0 saturated carbocycles. The molecule has 4 atom stereocenters. The van der Waals surface area contributed by atoms with Crippen LogP contribution in [0.5, 0.6) is 0 Å². The Bertz CT molecular complexity index is 1650. The SMILES string of the molecule is CSCCC[Si](CCCBr)(CCCSC)CCC[Si]1(CCC[Si](CCCBr)(CCSC)CCSC)C(c2ccccc2)C(c2ccccc2)C(c2ccccc2)C1c1ccccc1. The zero-order valence-electron chi connectivity index (χ0n) is 39.3. The molecule has 1 aliphatic heterocycles. The maximum absolute atomic E-state index is 3.93.